The Labute approximate surface area is 113 Å². The van der Waals surface area contributed by atoms with Crippen LogP contribution in [0.25, 0.3) is 0 Å². The van der Waals surface area contributed by atoms with Gasteiger partial charge in [0.2, 0.25) is 0 Å². The van der Waals surface area contributed by atoms with E-state index in [0.717, 1.165) is 6.07 Å². The number of sulfonamides is 1. The van der Waals surface area contributed by atoms with E-state index in [0.29, 0.717) is 0 Å². The predicted octanol–water partition coefficient (Wildman–Crippen LogP) is 0.780. The van der Waals surface area contributed by atoms with Gasteiger partial charge in [-0.3, -0.25) is 9.82 Å². The van der Waals surface area contributed by atoms with Crippen LogP contribution in [0.5, 0.6) is 0 Å². The van der Waals surface area contributed by atoms with Crippen molar-refractivity contribution in [2.24, 2.45) is 0 Å². The third-order valence-corrected chi connectivity index (χ3v) is 3.67. The summed E-state index contributed by atoms with van der Waals surface area (Å²) in [7, 11) is -3.93. The minimum Gasteiger partial charge on any atom is -0.477 e. The molecule has 0 aliphatic heterocycles. The second-order valence-electron chi connectivity index (χ2n) is 3.72. The predicted molar refractivity (Wildman–Crippen MR) is 67.5 cm³/mol. The Bertz CT molecular complexity index is 804. The first kappa shape index (κ1) is 13.6. The maximum absolute atomic E-state index is 12.0. The van der Waals surface area contributed by atoms with Gasteiger partial charge < -0.3 is 5.11 Å². The molecule has 0 bridgehead atoms. The van der Waals surface area contributed by atoms with Gasteiger partial charge in [0.05, 0.1) is 16.5 Å². The molecular weight excluding hydrogens is 284 g/mol. The number of aromatic nitrogens is 2. The number of carboxylic acid groups (broad SMARTS) is 1. The lowest BCUT2D eigenvalue weighted by Crippen LogP contribution is -2.13. The number of hydrogen-bond acceptors (Lipinski definition) is 5. The molecule has 8 nitrogen and oxygen atoms in total. The molecule has 0 saturated carbocycles. The van der Waals surface area contributed by atoms with Crippen LogP contribution in [0.3, 0.4) is 0 Å². The maximum Gasteiger partial charge on any atom is 0.353 e. The number of nitrogens with one attached hydrogen (secondary N) is 2. The van der Waals surface area contributed by atoms with Crippen LogP contribution in [0.15, 0.2) is 35.2 Å². The van der Waals surface area contributed by atoms with Crippen LogP contribution in [-0.4, -0.2) is 29.7 Å². The molecule has 0 saturated heterocycles. The van der Waals surface area contributed by atoms with E-state index < -0.39 is 16.0 Å². The molecule has 0 spiro atoms. The fourth-order valence-electron chi connectivity index (χ4n) is 1.41. The van der Waals surface area contributed by atoms with Crippen molar-refractivity contribution in [3.05, 3.63) is 41.6 Å². The Morgan fingerprint density at radius 1 is 1.40 bits per heavy atom. The van der Waals surface area contributed by atoms with Gasteiger partial charge >= 0.3 is 5.97 Å². The number of aromatic carboxylic acids is 1. The molecule has 0 aliphatic rings. The van der Waals surface area contributed by atoms with Crippen LogP contribution in [0.2, 0.25) is 0 Å². The summed E-state index contributed by atoms with van der Waals surface area (Å²) in [4.78, 5) is 10.5. The molecule has 9 heteroatoms. The Balaban J connectivity index is 2.30. The van der Waals surface area contributed by atoms with Gasteiger partial charge in [0, 0.05) is 6.07 Å². The van der Waals surface area contributed by atoms with Gasteiger partial charge in [-0.25, -0.2) is 13.2 Å². The molecule has 2 rings (SSSR count). The summed E-state index contributed by atoms with van der Waals surface area (Å²) in [6.07, 6.45) is 0. The summed E-state index contributed by atoms with van der Waals surface area (Å²) in [6.45, 7) is 0. The van der Waals surface area contributed by atoms with Crippen LogP contribution in [0.1, 0.15) is 16.1 Å². The number of H-pyrrole nitrogens is 1. The highest BCUT2D eigenvalue weighted by atomic mass is 32.2. The smallest absolute Gasteiger partial charge is 0.353 e. The first-order valence-corrected chi connectivity index (χ1v) is 6.72. The van der Waals surface area contributed by atoms with Crippen molar-refractivity contribution in [3.8, 4) is 6.07 Å². The van der Waals surface area contributed by atoms with E-state index in [4.69, 9.17) is 10.4 Å². The highest BCUT2D eigenvalue weighted by Crippen LogP contribution is 2.16. The highest BCUT2D eigenvalue weighted by molar-refractivity contribution is 7.92. The average molecular weight is 292 g/mol. The van der Waals surface area contributed by atoms with E-state index in [1.54, 1.807) is 0 Å². The monoisotopic (exact) mass is 292 g/mol. The lowest BCUT2D eigenvalue weighted by molar-refractivity contribution is 0.0690. The van der Waals surface area contributed by atoms with Crippen LogP contribution in [0, 0.1) is 11.3 Å². The standard InChI is InChI=1S/C11H8N4O4S/c12-6-7-2-1-3-8(4-7)20(18,19)15-10-5-9(11(16)17)13-14-10/h1-5H,(H,16,17)(H2,13,14,15). The molecule has 1 heterocycles. The second kappa shape index (κ2) is 5.02. The summed E-state index contributed by atoms with van der Waals surface area (Å²) >= 11 is 0. The zero-order valence-electron chi connectivity index (χ0n) is 9.86. The number of carboxylic acids is 1. The van der Waals surface area contributed by atoms with E-state index in [9.17, 15) is 13.2 Å². The molecule has 0 aliphatic carbocycles. The van der Waals surface area contributed by atoms with E-state index in [1.807, 2.05) is 6.07 Å². The largest absolute Gasteiger partial charge is 0.477 e. The van der Waals surface area contributed by atoms with Gasteiger partial charge in [0.15, 0.2) is 5.82 Å². The third kappa shape index (κ3) is 2.76. The number of rotatable bonds is 4. The summed E-state index contributed by atoms with van der Waals surface area (Å²) < 4.78 is 26.2. The quantitative estimate of drug-likeness (QED) is 0.761. The fraction of sp³-hybridized carbons (Fsp3) is 0. The van der Waals surface area contributed by atoms with E-state index in [2.05, 4.69) is 14.9 Å². The van der Waals surface area contributed by atoms with E-state index in [-0.39, 0.29) is 22.0 Å². The van der Waals surface area contributed by atoms with E-state index >= 15 is 0 Å². The number of nitriles is 1. The Morgan fingerprint density at radius 3 is 2.75 bits per heavy atom. The molecule has 0 unspecified atom stereocenters. The number of benzene rings is 1. The zero-order chi connectivity index (χ0) is 14.8. The molecule has 1 aromatic carbocycles. The molecule has 1 aromatic heterocycles. The normalized spacial score (nSPS) is 10.8. The summed E-state index contributed by atoms with van der Waals surface area (Å²) in [5.41, 5.74) is -0.0467. The maximum atomic E-state index is 12.0. The second-order valence-corrected chi connectivity index (χ2v) is 5.40. The molecular formula is C11H8N4O4S. The van der Waals surface area contributed by atoms with Crippen LogP contribution >= 0.6 is 0 Å². The number of hydrogen-bond donors (Lipinski definition) is 3. The van der Waals surface area contributed by atoms with Crippen molar-refractivity contribution in [3.63, 3.8) is 0 Å². The molecule has 102 valence electrons. The SMILES string of the molecule is N#Cc1cccc(S(=O)(=O)Nc2cc(C(=O)O)[nH]n2)c1. The first-order chi connectivity index (χ1) is 9.42. The number of carbonyl (C=O) groups is 1. The Hall–Kier alpha value is -2.86. The lowest BCUT2D eigenvalue weighted by atomic mass is 10.2. The molecule has 0 radical (unpaired) electrons. The summed E-state index contributed by atoms with van der Waals surface area (Å²) in [5, 5.41) is 23.1. The Kier molecular flexibility index (Phi) is 3.41. The topological polar surface area (TPSA) is 136 Å². The fourth-order valence-corrected chi connectivity index (χ4v) is 2.45. The lowest BCUT2D eigenvalue weighted by Gasteiger charge is -2.04. The summed E-state index contributed by atoms with van der Waals surface area (Å²) in [5.74, 6) is -1.40. The van der Waals surface area contributed by atoms with Crippen molar-refractivity contribution in [1.82, 2.24) is 10.2 Å². The van der Waals surface area contributed by atoms with Gasteiger partial charge in [-0.15, -0.1) is 0 Å². The molecule has 0 amide bonds. The average Bonchev–Trinajstić information content (AvgIpc) is 2.87. The van der Waals surface area contributed by atoms with Gasteiger partial charge in [0.1, 0.15) is 5.69 Å². The minimum atomic E-state index is -3.93. The summed E-state index contributed by atoms with van der Waals surface area (Å²) in [6, 6.07) is 8.29. The molecule has 0 atom stereocenters. The van der Waals surface area contributed by atoms with Gasteiger partial charge in [-0.2, -0.15) is 10.4 Å². The van der Waals surface area contributed by atoms with Crippen molar-refractivity contribution in [1.29, 1.82) is 5.26 Å². The van der Waals surface area contributed by atoms with Gasteiger partial charge in [0.25, 0.3) is 10.0 Å². The van der Waals surface area contributed by atoms with Gasteiger partial charge in [-0.1, -0.05) is 6.07 Å². The number of nitrogens with zero attached hydrogens (tertiary/aromatic N) is 2. The van der Waals surface area contributed by atoms with Crippen molar-refractivity contribution < 1.29 is 18.3 Å². The molecule has 3 N–H and O–H groups in total. The van der Waals surface area contributed by atoms with Crippen molar-refractivity contribution >= 4 is 21.8 Å². The van der Waals surface area contributed by atoms with Crippen LogP contribution in [0.4, 0.5) is 5.82 Å². The highest BCUT2D eigenvalue weighted by Gasteiger charge is 2.17. The molecule has 2 aromatic rings. The number of anilines is 1. The number of aromatic amines is 1. The molecule has 20 heavy (non-hydrogen) atoms. The third-order valence-electron chi connectivity index (χ3n) is 2.32. The Morgan fingerprint density at radius 2 is 2.15 bits per heavy atom. The molecule has 0 fully saturated rings. The van der Waals surface area contributed by atoms with Crippen molar-refractivity contribution in [2.45, 2.75) is 4.90 Å². The van der Waals surface area contributed by atoms with Crippen LogP contribution in [-0.2, 0) is 10.0 Å². The van der Waals surface area contributed by atoms with Gasteiger partial charge in [-0.05, 0) is 18.2 Å². The minimum absolute atomic E-state index is 0.114. The zero-order valence-corrected chi connectivity index (χ0v) is 10.7. The van der Waals surface area contributed by atoms with Crippen molar-refractivity contribution in [2.75, 3.05) is 4.72 Å². The van der Waals surface area contributed by atoms with E-state index in [1.165, 1.54) is 24.3 Å². The van der Waals surface area contributed by atoms with Crippen LogP contribution < -0.4 is 4.72 Å². The first-order valence-electron chi connectivity index (χ1n) is 5.24.